The summed E-state index contributed by atoms with van der Waals surface area (Å²) in [5.74, 6) is 0. The van der Waals surface area contributed by atoms with Crippen LogP contribution in [0.4, 0.5) is 0 Å². The normalized spacial score (nSPS) is 21.8. The molecule has 0 saturated carbocycles. The largest absolute Gasteiger partial charge is 0.366 e. The lowest BCUT2D eigenvalue weighted by molar-refractivity contribution is 0.349. The minimum atomic E-state index is -3.33. The number of hydrogen-bond donors (Lipinski definition) is 2. The van der Waals surface area contributed by atoms with Gasteiger partial charge in [0, 0.05) is 31.5 Å². The van der Waals surface area contributed by atoms with Gasteiger partial charge in [0.15, 0.2) is 0 Å². The van der Waals surface area contributed by atoms with Crippen molar-refractivity contribution in [3.05, 3.63) is 18.5 Å². The van der Waals surface area contributed by atoms with Crippen molar-refractivity contribution in [1.82, 2.24) is 14.6 Å². The first-order valence-corrected chi connectivity index (χ1v) is 6.95. The molecule has 90 valence electrons. The first-order chi connectivity index (χ1) is 7.66. The van der Waals surface area contributed by atoms with E-state index in [9.17, 15) is 8.42 Å². The maximum atomic E-state index is 12.3. The monoisotopic (exact) mass is 243 g/mol. The molecule has 1 aliphatic rings. The molecular formula is C10H17N3O2S. The SMILES string of the molecule is CCN(C1CCNC1)S(=O)(=O)c1cc[nH]c1. The van der Waals surface area contributed by atoms with Crippen molar-refractivity contribution in [2.75, 3.05) is 19.6 Å². The van der Waals surface area contributed by atoms with E-state index in [0.29, 0.717) is 11.4 Å². The summed E-state index contributed by atoms with van der Waals surface area (Å²) in [7, 11) is -3.33. The van der Waals surface area contributed by atoms with E-state index in [1.54, 1.807) is 16.6 Å². The van der Waals surface area contributed by atoms with E-state index in [2.05, 4.69) is 10.3 Å². The van der Waals surface area contributed by atoms with Crippen molar-refractivity contribution in [3.63, 3.8) is 0 Å². The highest BCUT2D eigenvalue weighted by molar-refractivity contribution is 7.89. The summed E-state index contributed by atoms with van der Waals surface area (Å²) in [6, 6.07) is 1.69. The Morgan fingerprint density at radius 1 is 1.56 bits per heavy atom. The summed E-state index contributed by atoms with van der Waals surface area (Å²) in [4.78, 5) is 3.13. The van der Waals surface area contributed by atoms with Gasteiger partial charge in [-0.25, -0.2) is 8.42 Å². The fraction of sp³-hybridized carbons (Fsp3) is 0.600. The third-order valence-corrected chi connectivity index (χ3v) is 4.95. The van der Waals surface area contributed by atoms with Crippen molar-refractivity contribution >= 4 is 10.0 Å². The van der Waals surface area contributed by atoms with Gasteiger partial charge in [0.05, 0.1) is 4.90 Å². The van der Waals surface area contributed by atoms with Crippen LogP contribution < -0.4 is 5.32 Å². The number of rotatable bonds is 4. The maximum Gasteiger partial charge on any atom is 0.244 e. The molecule has 1 aliphatic heterocycles. The number of aromatic nitrogens is 1. The van der Waals surface area contributed by atoms with Gasteiger partial charge in [0.25, 0.3) is 0 Å². The first-order valence-electron chi connectivity index (χ1n) is 5.51. The number of likely N-dealkylation sites (N-methyl/N-ethyl adjacent to an activating group) is 1. The van der Waals surface area contributed by atoms with Crippen LogP contribution >= 0.6 is 0 Å². The summed E-state index contributed by atoms with van der Waals surface area (Å²) in [5.41, 5.74) is 0. The fourth-order valence-electron chi connectivity index (χ4n) is 2.11. The van der Waals surface area contributed by atoms with Crippen LogP contribution in [0.3, 0.4) is 0 Å². The minimum Gasteiger partial charge on any atom is -0.366 e. The molecular weight excluding hydrogens is 226 g/mol. The topological polar surface area (TPSA) is 65.2 Å². The van der Waals surface area contributed by atoms with Crippen LogP contribution in [0.1, 0.15) is 13.3 Å². The van der Waals surface area contributed by atoms with Gasteiger partial charge in [-0.2, -0.15) is 4.31 Å². The van der Waals surface area contributed by atoms with E-state index in [4.69, 9.17) is 0 Å². The van der Waals surface area contributed by atoms with Crippen LogP contribution in [-0.2, 0) is 10.0 Å². The Labute approximate surface area is 95.9 Å². The van der Waals surface area contributed by atoms with Gasteiger partial charge in [0.1, 0.15) is 0 Å². The molecule has 0 spiro atoms. The number of sulfonamides is 1. The molecule has 0 aromatic carbocycles. The molecule has 0 aliphatic carbocycles. The summed E-state index contributed by atoms with van der Waals surface area (Å²) >= 11 is 0. The van der Waals surface area contributed by atoms with E-state index >= 15 is 0 Å². The molecule has 1 atom stereocenters. The molecule has 1 aromatic rings. The highest BCUT2D eigenvalue weighted by Crippen LogP contribution is 2.20. The minimum absolute atomic E-state index is 0.0879. The quantitative estimate of drug-likeness (QED) is 0.804. The summed E-state index contributed by atoms with van der Waals surface area (Å²) < 4.78 is 26.2. The lowest BCUT2D eigenvalue weighted by atomic mass is 10.3. The van der Waals surface area contributed by atoms with E-state index in [1.165, 1.54) is 6.20 Å². The average molecular weight is 243 g/mol. The van der Waals surface area contributed by atoms with Crippen molar-refractivity contribution < 1.29 is 8.42 Å². The zero-order valence-corrected chi connectivity index (χ0v) is 10.1. The Kier molecular flexibility index (Phi) is 3.32. The highest BCUT2D eigenvalue weighted by Gasteiger charge is 2.31. The van der Waals surface area contributed by atoms with Crippen molar-refractivity contribution in [2.45, 2.75) is 24.3 Å². The van der Waals surface area contributed by atoms with Crippen molar-refractivity contribution in [1.29, 1.82) is 0 Å². The van der Waals surface area contributed by atoms with Crippen LogP contribution in [0, 0.1) is 0 Å². The van der Waals surface area contributed by atoms with Crippen LogP contribution in [0.15, 0.2) is 23.4 Å². The number of aromatic amines is 1. The van der Waals surface area contributed by atoms with Crippen molar-refractivity contribution in [3.8, 4) is 0 Å². The molecule has 1 aromatic heterocycles. The molecule has 2 rings (SSSR count). The van der Waals surface area contributed by atoms with E-state index in [1.807, 2.05) is 6.92 Å². The smallest absolute Gasteiger partial charge is 0.244 e. The Morgan fingerprint density at radius 2 is 2.38 bits per heavy atom. The molecule has 2 heterocycles. The van der Waals surface area contributed by atoms with Gasteiger partial charge >= 0.3 is 0 Å². The second-order valence-electron chi connectivity index (χ2n) is 3.90. The van der Waals surface area contributed by atoms with E-state index in [0.717, 1.165) is 19.5 Å². The predicted octanol–water partition coefficient (Wildman–Crippen LogP) is 0.387. The summed E-state index contributed by atoms with van der Waals surface area (Å²) in [5, 5.41) is 3.19. The average Bonchev–Trinajstić information content (AvgIpc) is 2.91. The van der Waals surface area contributed by atoms with Crippen LogP contribution in [0.25, 0.3) is 0 Å². The van der Waals surface area contributed by atoms with E-state index < -0.39 is 10.0 Å². The van der Waals surface area contributed by atoms with Crippen LogP contribution in [0.2, 0.25) is 0 Å². The maximum absolute atomic E-state index is 12.3. The molecule has 1 unspecified atom stereocenters. The second kappa shape index (κ2) is 4.57. The zero-order valence-electron chi connectivity index (χ0n) is 9.31. The number of hydrogen-bond acceptors (Lipinski definition) is 3. The highest BCUT2D eigenvalue weighted by atomic mass is 32.2. The molecule has 16 heavy (non-hydrogen) atoms. The number of nitrogens with zero attached hydrogens (tertiary/aromatic N) is 1. The van der Waals surface area contributed by atoms with Gasteiger partial charge in [-0.3, -0.25) is 0 Å². The van der Waals surface area contributed by atoms with Gasteiger partial charge in [-0.05, 0) is 19.0 Å². The van der Waals surface area contributed by atoms with Gasteiger partial charge in [-0.1, -0.05) is 6.92 Å². The van der Waals surface area contributed by atoms with E-state index in [-0.39, 0.29) is 6.04 Å². The summed E-state index contributed by atoms with van der Waals surface area (Å²) in [6.45, 7) is 4.03. The molecule has 0 radical (unpaired) electrons. The molecule has 1 saturated heterocycles. The Balaban J connectivity index is 2.26. The Hall–Kier alpha value is -0.850. The molecule has 1 fully saturated rings. The fourth-order valence-corrected chi connectivity index (χ4v) is 3.75. The zero-order chi connectivity index (χ0) is 11.6. The molecule has 2 N–H and O–H groups in total. The van der Waals surface area contributed by atoms with Gasteiger partial charge < -0.3 is 10.3 Å². The van der Waals surface area contributed by atoms with Crippen LogP contribution in [0.5, 0.6) is 0 Å². The van der Waals surface area contributed by atoms with Crippen molar-refractivity contribution in [2.24, 2.45) is 0 Å². The molecule has 6 heteroatoms. The third-order valence-electron chi connectivity index (χ3n) is 2.93. The van der Waals surface area contributed by atoms with Gasteiger partial charge in [0.2, 0.25) is 10.0 Å². The second-order valence-corrected chi connectivity index (χ2v) is 5.79. The Bertz CT molecular complexity index is 421. The number of H-pyrrole nitrogens is 1. The molecule has 0 amide bonds. The standard InChI is InChI=1S/C10H17N3O2S/c1-2-13(9-3-5-11-7-9)16(14,15)10-4-6-12-8-10/h4,6,8-9,11-12H,2-3,5,7H2,1H3. The first kappa shape index (κ1) is 11.6. The lowest BCUT2D eigenvalue weighted by Crippen LogP contribution is -2.41. The van der Waals surface area contributed by atoms with Gasteiger partial charge in [-0.15, -0.1) is 0 Å². The lowest BCUT2D eigenvalue weighted by Gasteiger charge is -2.25. The molecule has 5 nitrogen and oxygen atoms in total. The summed E-state index contributed by atoms with van der Waals surface area (Å²) in [6.07, 6.45) is 4.05. The number of nitrogens with one attached hydrogen (secondary N) is 2. The Morgan fingerprint density at radius 3 is 2.88 bits per heavy atom. The molecule has 0 bridgehead atoms. The van der Waals surface area contributed by atoms with Crippen LogP contribution in [-0.4, -0.2) is 43.4 Å². The third kappa shape index (κ3) is 2.00. The predicted molar refractivity (Wildman–Crippen MR) is 61.6 cm³/mol.